The van der Waals surface area contributed by atoms with Crippen LogP contribution >= 0.6 is 11.8 Å². The third-order valence-electron chi connectivity index (χ3n) is 3.33. The van der Waals surface area contributed by atoms with Gasteiger partial charge in [-0.05, 0) is 5.75 Å². The lowest BCUT2D eigenvalue weighted by molar-refractivity contribution is -0.385. The number of fused-ring (bicyclic) bond motifs is 1. The zero-order chi connectivity index (χ0) is 16.4. The van der Waals surface area contributed by atoms with Crippen molar-refractivity contribution in [2.24, 2.45) is 0 Å². The fourth-order valence-electron chi connectivity index (χ4n) is 2.36. The summed E-state index contributed by atoms with van der Waals surface area (Å²) < 4.78 is 12.4. The lowest BCUT2D eigenvalue weighted by atomic mass is 10.1. The second-order valence-electron chi connectivity index (χ2n) is 4.82. The number of benzene rings is 1. The topological polar surface area (TPSA) is 118 Å². The van der Waals surface area contributed by atoms with E-state index >= 15 is 0 Å². The van der Waals surface area contributed by atoms with Crippen molar-refractivity contribution < 1.29 is 14.4 Å². The van der Waals surface area contributed by atoms with Gasteiger partial charge in [0.25, 0.3) is 5.69 Å². The molecular formula is C13H15N5O4S. The molecule has 0 saturated heterocycles. The van der Waals surface area contributed by atoms with Gasteiger partial charge in [-0.2, -0.15) is 0 Å². The number of nitro benzene ring substituents is 1. The first-order chi connectivity index (χ1) is 11.1. The van der Waals surface area contributed by atoms with Crippen molar-refractivity contribution in [1.82, 2.24) is 14.8 Å². The molecule has 0 fully saturated rings. The summed E-state index contributed by atoms with van der Waals surface area (Å²) in [7, 11) is 0. The predicted molar refractivity (Wildman–Crippen MR) is 83.3 cm³/mol. The molecule has 0 radical (unpaired) electrons. The van der Waals surface area contributed by atoms with Crippen LogP contribution in [0.1, 0.15) is 18.1 Å². The first-order valence-electron chi connectivity index (χ1n) is 6.92. The maximum atomic E-state index is 11.1. The fourth-order valence-corrected chi connectivity index (χ4v) is 3.03. The van der Waals surface area contributed by atoms with Crippen LogP contribution in [0.15, 0.2) is 17.3 Å². The summed E-state index contributed by atoms with van der Waals surface area (Å²) in [5.41, 5.74) is 7.16. The maximum Gasteiger partial charge on any atom is 0.270 e. The highest BCUT2D eigenvalue weighted by Crippen LogP contribution is 2.34. The number of nitrogens with two attached hydrogens (primary N) is 1. The van der Waals surface area contributed by atoms with Crippen LogP contribution in [-0.2, 0) is 17.9 Å². The molecule has 0 bridgehead atoms. The molecule has 2 heterocycles. The number of rotatable bonds is 5. The minimum Gasteiger partial charge on any atom is -0.467 e. The second-order valence-corrected chi connectivity index (χ2v) is 6.05. The Balaban J connectivity index is 2.04. The largest absolute Gasteiger partial charge is 0.467 e. The summed E-state index contributed by atoms with van der Waals surface area (Å²) in [6.07, 6.45) is 0. The molecule has 0 atom stereocenters. The van der Waals surface area contributed by atoms with Gasteiger partial charge in [0.2, 0.25) is 5.95 Å². The zero-order valence-corrected chi connectivity index (χ0v) is 13.2. The minimum atomic E-state index is -0.435. The molecule has 2 aromatic rings. The van der Waals surface area contributed by atoms with E-state index in [4.69, 9.17) is 15.2 Å². The van der Waals surface area contributed by atoms with Gasteiger partial charge in [0.15, 0.2) is 11.9 Å². The van der Waals surface area contributed by atoms with Gasteiger partial charge in [-0.25, -0.2) is 0 Å². The monoisotopic (exact) mass is 337 g/mol. The first kappa shape index (κ1) is 15.6. The lowest BCUT2D eigenvalue weighted by Gasteiger charge is -2.21. The van der Waals surface area contributed by atoms with E-state index in [0.717, 1.165) is 5.75 Å². The Morgan fingerprint density at radius 3 is 3.04 bits per heavy atom. The molecular weight excluding hydrogens is 322 g/mol. The van der Waals surface area contributed by atoms with Crippen LogP contribution in [0.2, 0.25) is 0 Å². The average Bonchev–Trinajstić information content (AvgIpc) is 2.88. The molecule has 1 aliphatic heterocycles. The Bertz CT molecular complexity index is 748. The molecule has 0 aliphatic carbocycles. The molecule has 2 N–H and O–H groups in total. The Morgan fingerprint density at radius 1 is 1.48 bits per heavy atom. The van der Waals surface area contributed by atoms with E-state index in [-0.39, 0.29) is 25.0 Å². The Labute approximate surface area is 135 Å². The summed E-state index contributed by atoms with van der Waals surface area (Å²) in [5, 5.41) is 19.7. The third-order valence-corrected chi connectivity index (χ3v) is 4.18. The molecule has 1 aromatic heterocycles. The lowest BCUT2D eigenvalue weighted by Crippen LogP contribution is -2.15. The molecule has 0 spiro atoms. The fraction of sp³-hybridized carbons (Fsp3) is 0.385. The number of hydrogen-bond acceptors (Lipinski definition) is 8. The third kappa shape index (κ3) is 3.08. The van der Waals surface area contributed by atoms with Gasteiger partial charge in [0.05, 0.1) is 18.1 Å². The molecule has 0 saturated carbocycles. The highest BCUT2D eigenvalue weighted by molar-refractivity contribution is 7.99. The van der Waals surface area contributed by atoms with Crippen molar-refractivity contribution in [2.45, 2.75) is 25.2 Å². The van der Waals surface area contributed by atoms with Crippen molar-refractivity contribution in [3.05, 3.63) is 33.4 Å². The standard InChI is InChI=1S/C13H15N5O4S/c1-2-23-13-16-15-12(14)17(13)5-8-3-10(18(19)20)4-9-6-21-7-22-11(8)9/h3-4H,2,5-7H2,1H3,(H2,14,15). The van der Waals surface area contributed by atoms with Crippen molar-refractivity contribution in [3.8, 4) is 5.75 Å². The number of nitro groups is 1. The summed E-state index contributed by atoms with van der Waals surface area (Å²) in [6.45, 7) is 2.69. The summed E-state index contributed by atoms with van der Waals surface area (Å²) in [5.74, 6) is 1.67. The van der Waals surface area contributed by atoms with Gasteiger partial charge in [-0.1, -0.05) is 18.7 Å². The number of nitrogens with zero attached hydrogens (tertiary/aromatic N) is 4. The van der Waals surface area contributed by atoms with Crippen LogP contribution in [0.4, 0.5) is 11.6 Å². The highest BCUT2D eigenvalue weighted by Gasteiger charge is 2.22. The number of nitrogen functional groups attached to an aromatic ring is 1. The van der Waals surface area contributed by atoms with Gasteiger partial charge in [-0.3, -0.25) is 14.7 Å². The summed E-state index contributed by atoms with van der Waals surface area (Å²) in [4.78, 5) is 10.7. The molecule has 1 aromatic carbocycles. The number of thioether (sulfide) groups is 1. The van der Waals surface area contributed by atoms with Crippen LogP contribution in [0.3, 0.4) is 0 Å². The van der Waals surface area contributed by atoms with Gasteiger partial charge in [0.1, 0.15) is 5.75 Å². The number of aromatic nitrogens is 3. The molecule has 10 heteroatoms. The van der Waals surface area contributed by atoms with Crippen LogP contribution < -0.4 is 10.5 Å². The van der Waals surface area contributed by atoms with Crippen LogP contribution in [0.25, 0.3) is 0 Å². The first-order valence-corrected chi connectivity index (χ1v) is 7.91. The second kappa shape index (κ2) is 6.42. The quantitative estimate of drug-likeness (QED) is 0.498. The predicted octanol–water partition coefficient (Wildman–Crippen LogP) is 1.80. The van der Waals surface area contributed by atoms with Crippen molar-refractivity contribution in [3.63, 3.8) is 0 Å². The molecule has 9 nitrogen and oxygen atoms in total. The normalized spacial score (nSPS) is 13.4. The zero-order valence-electron chi connectivity index (χ0n) is 12.4. The Kier molecular flexibility index (Phi) is 4.35. The van der Waals surface area contributed by atoms with Crippen LogP contribution in [0.5, 0.6) is 5.75 Å². The van der Waals surface area contributed by atoms with Crippen molar-refractivity contribution in [1.29, 1.82) is 0 Å². The van der Waals surface area contributed by atoms with E-state index in [9.17, 15) is 10.1 Å². The van der Waals surface area contributed by atoms with E-state index in [0.29, 0.717) is 28.6 Å². The van der Waals surface area contributed by atoms with Crippen LogP contribution in [-0.4, -0.2) is 32.2 Å². The smallest absolute Gasteiger partial charge is 0.270 e. The van der Waals surface area contributed by atoms with E-state index in [1.54, 1.807) is 4.57 Å². The molecule has 0 unspecified atom stereocenters. The summed E-state index contributed by atoms with van der Waals surface area (Å²) >= 11 is 1.50. The number of hydrogen-bond donors (Lipinski definition) is 1. The van der Waals surface area contributed by atoms with Gasteiger partial charge in [0, 0.05) is 23.3 Å². The average molecular weight is 337 g/mol. The Hall–Kier alpha value is -2.33. The maximum absolute atomic E-state index is 11.1. The van der Waals surface area contributed by atoms with Crippen molar-refractivity contribution >= 4 is 23.4 Å². The molecule has 0 amide bonds. The molecule has 122 valence electrons. The van der Waals surface area contributed by atoms with Gasteiger partial charge in [-0.15, -0.1) is 10.2 Å². The number of anilines is 1. The molecule has 23 heavy (non-hydrogen) atoms. The van der Waals surface area contributed by atoms with Gasteiger partial charge >= 0.3 is 0 Å². The number of non-ortho nitro benzene ring substituents is 1. The minimum absolute atomic E-state index is 0.0100. The van der Waals surface area contributed by atoms with E-state index in [1.807, 2.05) is 6.92 Å². The van der Waals surface area contributed by atoms with Crippen LogP contribution in [0, 0.1) is 10.1 Å². The number of ether oxygens (including phenoxy) is 2. The molecule has 1 aliphatic rings. The van der Waals surface area contributed by atoms with Gasteiger partial charge < -0.3 is 15.2 Å². The van der Waals surface area contributed by atoms with E-state index in [1.165, 1.54) is 23.9 Å². The van der Waals surface area contributed by atoms with E-state index in [2.05, 4.69) is 10.2 Å². The highest BCUT2D eigenvalue weighted by atomic mass is 32.2. The van der Waals surface area contributed by atoms with E-state index < -0.39 is 4.92 Å². The SMILES string of the molecule is CCSc1nnc(N)n1Cc1cc([N+](=O)[O-])cc2c1OCOC2. The van der Waals surface area contributed by atoms with Crippen molar-refractivity contribution in [2.75, 3.05) is 18.3 Å². The Morgan fingerprint density at radius 2 is 2.30 bits per heavy atom. The molecule has 3 rings (SSSR count). The summed E-state index contributed by atoms with van der Waals surface area (Å²) in [6, 6.07) is 2.96.